The molecule has 5 rings (SSSR count). The van der Waals surface area contributed by atoms with Gasteiger partial charge in [-0.3, -0.25) is 14.0 Å². The first kappa shape index (κ1) is 18.2. The summed E-state index contributed by atoms with van der Waals surface area (Å²) in [5.41, 5.74) is 4.50. The van der Waals surface area contributed by atoms with Crippen molar-refractivity contribution in [2.75, 3.05) is 6.54 Å². The summed E-state index contributed by atoms with van der Waals surface area (Å²) in [6.07, 6.45) is 4.39. The molecule has 5 aromatic rings. The predicted octanol–water partition coefficient (Wildman–Crippen LogP) is 2.95. The molecule has 1 aromatic carbocycles. The highest BCUT2D eigenvalue weighted by Crippen LogP contribution is 2.18. The molecule has 0 aliphatic heterocycles. The molecule has 0 aliphatic carbocycles. The van der Waals surface area contributed by atoms with Crippen LogP contribution in [0.25, 0.3) is 27.6 Å². The Hall–Kier alpha value is -3.87. The fourth-order valence-electron chi connectivity index (χ4n) is 3.99. The molecular weight excluding hydrogens is 378 g/mol. The van der Waals surface area contributed by atoms with E-state index in [0.717, 1.165) is 22.0 Å². The van der Waals surface area contributed by atoms with Crippen molar-refractivity contribution in [3.8, 4) is 0 Å². The number of hydrogen-bond donors (Lipinski definition) is 2. The molecule has 4 heterocycles. The Balaban J connectivity index is 1.43. The third kappa shape index (κ3) is 2.78. The van der Waals surface area contributed by atoms with Crippen LogP contribution in [0.5, 0.6) is 0 Å². The fraction of sp³-hybridized carbons (Fsp3) is 0.174. The van der Waals surface area contributed by atoms with Crippen LogP contribution in [0.2, 0.25) is 0 Å². The lowest BCUT2D eigenvalue weighted by atomic mass is 10.1. The highest BCUT2D eigenvalue weighted by atomic mass is 16.2. The van der Waals surface area contributed by atoms with Crippen molar-refractivity contribution in [1.82, 2.24) is 24.3 Å². The van der Waals surface area contributed by atoms with Crippen molar-refractivity contribution in [1.29, 1.82) is 0 Å². The van der Waals surface area contributed by atoms with Crippen molar-refractivity contribution < 1.29 is 4.79 Å². The average molecular weight is 399 g/mol. The van der Waals surface area contributed by atoms with Gasteiger partial charge in [0.15, 0.2) is 0 Å². The smallest absolute Gasteiger partial charge is 0.267 e. The maximum Gasteiger partial charge on any atom is 0.267 e. The van der Waals surface area contributed by atoms with Gasteiger partial charge in [-0.25, -0.2) is 4.98 Å². The number of aromatic nitrogens is 4. The molecule has 0 saturated heterocycles. The Kier molecular flexibility index (Phi) is 4.17. The number of aromatic amines is 1. The molecule has 7 nitrogen and oxygen atoms in total. The van der Waals surface area contributed by atoms with Crippen molar-refractivity contribution >= 4 is 33.5 Å². The molecule has 150 valence electrons. The molecule has 0 unspecified atom stereocenters. The van der Waals surface area contributed by atoms with Gasteiger partial charge in [-0.15, -0.1) is 0 Å². The molecule has 4 aromatic heterocycles. The topological polar surface area (TPSA) is 84.2 Å². The summed E-state index contributed by atoms with van der Waals surface area (Å²) >= 11 is 0. The number of nitrogens with zero attached hydrogens (tertiary/aromatic N) is 3. The van der Waals surface area contributed by atoms with E-state index in [9.17, 15) is 9.59 Å². The highest BCUT2D eigenvalue weighted by molar-refractivity contribution is 5.98. The number of rotatable bonds is 4. The summed E-state index contributed by atoms with van der Waals surface area (Å²) in [5, 5.41) is 4.56. The largest absolute Gasteiger partial charge is 0.361 e. The molecule has 0 atom stereocenters. The van der Waals surface area contributed by atoms with E-state index in [1.807, 2.05) is 43.5 Å². The monoisotopic (exact) mass is 399 g/mol. The van der Waals surface area contributed by atoms with Gasteiger partial charge in [0.25, 0.3) is 11.5 Å². The Labute approximate surface area is 172 Å². The van der Waals surface area contributed by atoms with E-state index in [1.54, 1.807) is 23.9 Å². The minimum absolute atomic E-state index is 0.174. The third-order valence-corrected chi connectivity index (χ3v) is 5.61. The van der Waals surface area contributed by atoms with E-state index in [1.165, 1.54) is 4.40 Å². The van der Waals surface area contributed by atoms with Crippen molar-refractivity contribution in [2.45, 2.75) is 13.3 Å². The van der Waals surface area contributed by atoms with Crippen LogP contribution in [-0.4, -0.2) is 31.4 Å². The second-order valence-corrected chi connectivity index (χ2v) is 7.49. The van der Waals surface area contributed by atoms with E-state index >= 15 is 0 Å². The Bertz CT molecular complexity index is 1490. The zero-order valence-electron chi connectivity index (χ0n) is 16.8. The fourth-order valence-corrected chi connectivity index (χ4v) is 3.99. The van der Waals surface area contributed by atoms with E-state index < -0.39 is 0 Å². The van der Waals surface area contributed by atoms with Gasteiger partial charge in [0, 0.05) is 36.9 Å². The number of hydrogen-bond acceptors (Lipinski definition) is 3. The SMILES string of the molecule is Cc1cccn2c(=O)c3cc(C(=O)NCCc4c[nH]c5ccccc45)n(C)c3nc12. The van der Waals surface area contributed by atoms with E-state index in [4.69, 9.17) is 0 Å². The first-order chi connectivity index (χ1) is 14.5. The number of para-hydroxylation sites is 1. The number of amides is 1. The Morgan fingerprint density at radius 2 is 1.97 bits per heavy atom. The van der Waals surface area contributed by atoms with Crippen molar-refractivity contribution in [3.63, 3.8) is 0 Å². The molecule has 0 saturated carbocycles. The summed E-state index contributed by atoms with van der Waals surface area (Å²) in [7, 11) is 1.76. The van der Waals surface area contributed by atoms with Crippen molar-refractivity contribution in [2.24, 2.45) is 7.05 Å². The van der Waals surface area contributed by atoms with Gasteiger partial charge in [-0.2, -0.15) is 0 Å². The molecule has 0 fully saturated rings. The summed E-state index contributed by atoms with van der Waals surface area (Å²) in [5.74, 6) is -0.222. The minimum Gasteiger partial charge on any atom is -0.361 e. The molecule has 30 heavy (non-hydrogen) atoms. The summed E-state index contributed by atoms with van der Waals surface area (Å²) < 4.78 is 3.21. The number of H-pyrrole nitrogens is 1. The standard InChI is InChI=1S/C23H21N5O2/c1-14-6-5-11-28-20(14)26-21-17(23(28)30)12-19(27(21)2)22(29)24-10-9-15-13-25-18-8-4-3-7-16(15)18/h3-8,11-13,25H,9-10H2,1-2H3,(H,24,29). The van der Waals surface area contributed by atoms with Gasteiger partial charge in [-0.05, 0) is 42.7 Å². The number of benzene rings is 1. The van der Waals surface area contributed by atoms with E-state index in [-0.39, 0.29) is 11.5 Å². The Morgan fingerprint density at radius 1 is 1.13 bits per heavy atom. The van der Waals surface area contributed by atoms with Gasteiger partial charge in [-0.1, -0.05) is 24.3 Å². The van der Waals surface area contributed by atoms with Crippen LogP contribution in [0.15, 0.2) is 59.7 Å². The second-order valence-electron chi connectivity index (χ2n) is 7.49. The minimum atomic E-state index is -0.222. The number of fused-ring (bicyclic) bond motifs is 3. The lowest BCUT2D eigenvalue weighted by molar-refractivity contribution is 0.0946. The van der Waals surface area contributed by atoms with Crippen LogP contribution in [0.4, 0.5) is 0 Å². The first-order valence-electron chi connectivity index (χ1n) is 9.85. The zero-order valence-corrected chi connectivity index (χ0v) is 16.8. The van der Waals surface area contributed by atoms with Crippen molar-refractivity contribution in [3.05, 3.63) is 82.0 Å². The maximum atomic E-state index is 12.9. The quantitative estimate of drug-likeness (QED) is 0.487. The Morgan fingerprint density at radius 3 is 2.83 bits per heavy atom. The average Bonchev–Trinajstić information content (AvgIpc) is 3.31. The molecule has 7 heteroatoms. The van der Waals surface area contributed by atoms with Crippen LogP contribution in [0, 0.1) is 6.92 Å². The van der Waals surface area contributed by atoms with Gasteiger partial charge in [0.1, 0.15) is 17.0 Å². The number of aryl methyl sites for hydroxylation is 2. The third-order valence-electron chi connectivity index (χ3n) is 5.61. The molecule has 0 spiro atoms. The van der Waals surface area contributed by atoms with Gasteiger partial charge in [0.05, 0.1) is 5.39 Å². The van der Waals surface area contributed by atoms with Crippen LogP contribution >= 0.6 is 0 Å². The molecule has 0 radical (unpaired) electrons. The van der Waals surface area contributed by atoms with Crippen LogP contribution in [-0.2, 0) is 13.5 Å². The van der Waals surface area contributed by atoms with Crippen LogP contribution in [0.1, 0.15) is 21.6 Å². The summed E-state index contributed by atoms with van der Waals surface area (Å²) in [6.45, 7) is 2.41. The number of carbonyl (C=O) groups is 1. The summed E-state index contributed by atoms with van der Waals surface area (Å²) in [4.78, 5) is 33.6. The van der Waals surface area contributed by atoms with Gasteiger partial charge < -0.3 is 14.9 Å². The number of carbonyl (C=O) groups excluding carboxylic acids is 1. The summed E-state index contributed by atoms with van der Waals surface area (Å²) in [6, 6.07) is 13.5. The normalized spacial score (nSPS) is 11.5. The molecule has 0 aliphatic rings. The lowest BCUT2D eigenvalue weighted by Gasteiger charge is -2.07. The predicted molar refractivity (Wildman–Crippen MR) is 117 cm³/mol. The molecule has 2 N–H and O–H groups in total. The van der Waals surface area contributed by atoms with Crippen LogP contribution < -0.4 is 10.9 Å². The van der Waals surface area contributed by atoms with Crippen LogP contribution in [0.3, 0.4) is 0 Å². The van der Waals surface area contributed by atoms with E-state index in [0.29, 0.717) is 35.3 Å². The lowest BCUT2D eigenvalue weighted by Crippen LogP contribution is -2.27. The van der Waals surface area contributed by atoms with Gasteiger partial charge in [0.2, 0.25) is 0 Å². The first-order valence-corrected chi connectivity index (χ1v) is 9.85. The highest BCUT2D eigenvalue weighted by Gasteiger charge is 2.18. The second kappa shape index (κ2) is 6.88. The van der Waals surface area contributed by atoms with Gasteiger partial charge >= 0.3 is 0 Å². The number of pyridine rings is 1. The molecule has 1 amide bonds. The molecular formula is C23H21N5O2. The molecule has 0 bridgehead atoms. The van der Waals surface area contributed by atoms with E-state index in [2.05, 4.69) is 21.4 Å². The zero-order chi connectivity index (χ0) is 20.8. The maximum absolute atomic E-state index is 12.9. The number of nitrogens with one attached hydrogen (secondary N) is 2.